The molecule has 3 aliphatic rings. The lowest BCUT2D eigenvalue weighted by atomic mass is 9.98. The number of ether oxygens (including phenoxy) is 2. The highest BCUT2D eigenvalue weighted by molar-refractivity contribution is 7.80. The van der Waals surface area contributed by atoms with Crippen LogP contribution < -0.4 is 5.32 Å². The van der Waals surface area contributed by atoms with Crippen LogP contribution in [0.1, 0.15) is 31.4 Å². The third-order valence-electron chi connectivity index (χ3n) is 6.40. The number of cyclic esters (lactones) is 1. The summed E-state index contributed by atoms with van der Waals surface area (Å²) in [6, 6.07) is 10.3. The molecular formula is C22H32N4O3S. The molecule has 2 atom stereocenters. The summed E-state index contributed by atoms with van der Waals surface area (Å²) in [6.07, 6.45) is 1.43. The normalized spacial score (nSPS) is 26.0. The number of hydrogen-bond acceptors (Lipinski definition) is 5. The van der Waals surface area contributed by atoms with Gasteiger partial charge in [0.05, 0.1) is 19.3 Å². The van der Waals surface area contributed by atoms with Crippen LogP contribution in [-0.2, 0) is 9.47 Å². The van der Waals surface area contributed by atoms with E-state index < -0.39 is 0 Å². The molecule has 1 aromatic rings. The summed E-state index contributed by atoms with van der Waals surface area (Å²) in [5.41, 5.74) is 1.06. The molecule has 30 heavy (non-hydrogen) atoms. The molecule has 0 spiro atoms. The van der Waals surface area contributed by atoms with Crippen LogP contribution in [0.3, 0.4) is 0 Å². The molecule has 3 saturated heterocycles. The van der Waals surface area contributed by atoms with Gasteiger partial charge in [0.2, 0.25) is 0 Å². The molecule has 2 unspecified atom stereocenters. The smallest absolute Gasteiger partial charge is 0.411 e. The minimum atomic E-state index is -0.195. The third-order valence-corrected chi connectivity index (χ3v) is 6.80. The fourth-order valence-corrected chi connectivity index (χ4v) is 4.94. The van der Waals surface area contributed by atoms with Gasteiger partial charge in [0, 0.05) is 45.3 Å². The minimum absolute atomic E-state index is 0.0371. The van der Waals surface area contributed by atoms with E-state index in [0.29, 0.717) is 0 Å². The number of morpholine rings is 1. The van der Waals surface area contributed by atoms with Crippen LogP contribution in [0.2, 0.25) is 0 Å². The van der Waals surface area contributed by atoms with Crippen LogP contribution >= 0.6 is 12.2 Å². The number of amides is 1. The molecule has 8 heteroatoms. The Morgan fingerprint density at radius 2 is 1.83 bits per heavy atom. The van der Waals surface area contributed by atoms with Gasteiger partial charge < -0.3 is 19.7 Å². The number of carbonyl (C=O) groups excluding carboxylic acids is 1. The Labute approximate surface area is 184 Å². The highest BCUT2D eigenvalue weighted by atomic mass is 32.1. The maximum atomic E-state index is 12.6. The van der Waals surface area contributed by atoms with Gasteiger partial charge in [0.1, 0.15) is 6.10 Å². The SMILES string of the molecule is CC1C(c2ccccc2)OC(=O)N1C1CCN(C(=S)NCCN2CCOCC2)CC1. The Hall–Kier alpha value is -1.90. The molecule has 4 rings (SSSR count). The number of nitrogens with one attached hydrogen (secondary N) is 1. The third kappa shape index (κ3) is 4.87. The molecule has 3 heterocycles. The highest BCUT2D eigenvalue weighted by Gasteiger charge is 2.44. The van der Waals surface area contributed by atoms with Crippen molar-refractivity contribution in [3.05, 3.63) is 35.9 Å². The zero-order valence-electron chi connectivity index (χ0n) is 17.7. The van der Waals surface area contributed by atoms with E-state index in [0.717, 1.165) is 76.0 Å². The van der Waals surface area contributed by atoms with Gasteiger partial charge in [0.15, 0.2) is 5.11 Å². The zero-order valence-corrected chi connectivity index (χ0v) is 18.5. The van der Waals surface area contributed by atoms with E-state index in [9.17, 15) is 4.79 Å². The van der Waals surface area contributed by atoms with Gasteiger partial charge in [0.25, 0.3) is 0 Å². The van der Waals surface area contributed by atoms with E-state index in [4.69, 9.17) is 21.7 Å². The minimum Gasteiger partial charge on any atom is -0.439 e. The lowest BCUT2D eigenvalue weighted by molar-refractivity contribution is 0.0388. The molecule has 0 aliphatic carbocycles. The van der Waals surface area contributed by atoms with Crippen molar-refractivity contribution in [1.29, 1.82) is 0 Å². The Balaban J connectivity index is 1.24. The molecule has 0 radical (unpaired) electrons. The second kappa shape index (κ2) is 9.94. The van der Waals surface area contributed by atoms with Gasteiger partial charge in [-0.1, -0.05) is 30.3 Å². The van der Waals surface area contributed by atoms with Crippen LogP contribution in [0.15, 0.2) is 30.3 Å². The number of thiocarbonyl (C=S) groups is 1. The van der Waals surface area contributed by atoms with Crippen molar-refractivity contribution in [3.8, 4) is 0 Å². The number of likely N-dealkylation sites (tertiary alicyclic amines) is 1. The fraction of sp³-hybridized carbons (Fsp3) is 0.636. The summed E-state index contributed by atoms with van der Waals surface area (Å²) in [5.74, 6) is 0. The standard InChI is InChI=1S/C22H32N4O3S/c1-17-20(18-5-3-2-4-6-18)29-22(27)26(17)19-7-10-25(11-8-19)21(30)23-9-12-24-13-15-28-16-14-24/h2-6,17,19-20H,7-16H2,1H3,(H,23,30). The summed E-state index contributed by atoms with van der Waals surface area (Å²) in [5, 5.41) is 4.22. The summed E-state index contributed by atoms with van der Waals surface area (Å²) in [6.45, 7) is 9.28. The maximum Gasteiger partial charge on any atom is 0.411 e. The molecule has 0 aromatic heterocycles. The van der Waals surface area contributed by atoms with Crippen molar-refractivity contribution in [1.82, 2.24) is 20.0 Å². The van der Waals surface area contributed by atoms with E-state index in [1.165, 1.54) is 0 Å². The average Bonchev–Trinajstić information content (AvgIpc) is 3.09. The van der Waals surface area contributed by atoms with Crippen LogP contribution in [0.4, 0.5) is 4.79 Å². The first-order valence-electron chi connectivity index (χ1n) is 11.0. The topological polar surface area (TPSA) is 57.3 Å². The van der Waals surface area contributed by atoms with Crippen molar-refractivity contribution in [3.63, 3.8) is 0 Å². The molecule has 1 aromatic carbocycles. The van der Waals surface area contributed by atoms with E-state index >= 15 is 0 Å². The van der Waals surface area contributed by atoms with E-state index in [-0.39, 0.29) is 24.3 Å². The summed E-state index contributed by atoms with van der Waals surface area (Å²) in [7, 11) is 0. The quantitative estimate of drug-likeness (QED) is 0.716. The lowest BCUT2D eigenvalue weighted by Crippen LogP contribution is -2.52. The number of benzene rings is 1. The molecule has 164 valence electrons. The first kappa shape index (κ1) is 21.3. The predicted molar refractivity (Wildman–Crippen MR) is 119 cm³/mol. The van der Waals surface area contributed by atoms with Crippen LogP contribution in [0.5, 0.6) is 0 Å². The Kier molecular flexibility index (Phi) is 7.07. The van der Waals surface area contributed by atoms with Crippen LogP contribution in [-0.4, -0.2) is 90.5 Å². The number of carbonyl (C=O) groups is 1. The monoisotopic (exact) mass is 432 g/mol. The Morgan fingerprint density at radius 1 is 1.13 bits per heavy atom. The molecule has 0 bridgehead atoms. The zero-order chi connectivity index (χ0) is 20.9. The molecule has 1 amide bonds. The number of piperidine rings is 1. The number of rotatable bonds is 5. The first-order valence-corrected chi connectivity index (χ1v) is 11.4. The van der Waals surface area contributed by atoms with E-state index in [1.54, 1.807) is 0 Å². The second-order valence-corrected chi connectivity index (χ2v) is 8.65. The molecule has 1 N–H and O–H groups in total. The van der Waals surface area contributed by atoms with E-state index in [2.05, 4.69) is 22.0 Å². The summed E-state index contributed by atoms with van der Waals surface area (Å²) < 4.78 is 11.1. The van der Waals surface area contributed by atoms with Gasteiger partial charge in [-0.05, 0) is 37.5 Å². The predicted octanol–water partition coefficient (Wildman–Crippen LogP) is 2.24. The molecule has 0 saturated carbocycles. The Morgan fingerprint density at radius 3 is 2.53 bits per heavy atom. The fourth-order valence-electron chi connectivity index (χ4n) is 4.66. The number of hydrogen-bond donors (Lipinski definition) is 1. The lowest BCUT2D eigenvalue weighted by Gasteiger charge is -2.38. The highest BCUT2D eigenvalue weighted by Crippen LogP contribution is 2.35. The van der Waals surface area contributed by atoms with Gasteiger partial charge in [-0.2, -0.15) is 0 Å². The van der Waals surface area contributed by atoms with Crippen molar-refractivity contribution >= 4 is 23.4 Å². The van der Waals surface area contributed by atoms with Gasteiger partial charge in [-0.15, -0.1) is 0 Å². The maximum absolute atomic E-state index is 12.6. The van der Waals surface area contributed by atoms with E-state index in [1.807, 2.05) is 35.2 Å². The van der Waals surface area contributed by atoms with Crippen molar-refractivity contribution in [2.75, 3.05) is 52.5 Å². The van der Waals surface area contributed by atoms with Crippen LogP contribution in [0.25, 0.3) is 0 Å². The molecule has 7 nitrogen and oxygen atoms in total. The molecule has 3 aliphatic heterocycles. The first-order chi connectivity index (χ1) is 14.6. The van der Waals surface area contributed by atoms with Gasteiger partial charge in [-0.3, -0.25) is 9.80 Å². The summed E-state index contributed by atoms with van der Waals surface area (Å²) in [4.78, 5) is 19.2. The van der Waals surface area contributed by atoms with Crippen molar-refractivity contribution < 1.29 is 14.3 Å². The average molecular weight is 433 g/mol. The van der Waals surface area contributed by atoms with Crippen LogP contribution in [0, 0.1) is 0 Å². The van der Waals surface area contributed by atoms with Crippen molar-refractivity contribution in [2.24, 2.45) is 0 Å². The summed E-state index contributed by atoms with van der Waals surface area (Å²) >= 11 is 5.61. The molecular weight excluding hydrogens is 400 g/mol. The van der Waals surface area contributed by atoms with Gasteiger partial charge >= 0.3 is 6.09 Å². The molecule has 3 fully saturated rings. The van der Waals surface area contributed by atoms with Crippen molar-refractivity contribution in [2.45, 2.75) is 38.0 Å². The second-order valence-electron chi connectivity index (χ2n) is 8.27. The number of nitrogens with zero attached hydrogens (tertiary/aromatic N) is 3. The Bertz CT molecular complexity index is 720. The van der Waals surface area contributed by atoms with Gasteiger partial charge in [-0.25, -0.2) is 4.79 Å². The largest absolute Gasteiger partial charge is 0.439 e.